The second kappa shape index (κ2) is 9.05. The van der Waals surface area contributed by atoms with Crippen molar-refractivity contribution in [3.8, 4) is 0 Å². The monoisotopic (exact) mass is 563 g/mol. The van der Waals surface area contributed by atoms with Gasteiger partial charge in [-0.25, -0.2) is 0 Å². The summed E-state index contributed by atoms with van der Waals surface area (Å²) in [7, 11) is 0. The highest BCUT2D eigenvalue weighted by Gasteiger charge is 2.84. The lowest BCUT2D eigenvalue weighted by atomic mass is 9.41. The highest BCUT2D eigenvalue weighted by atomic mass is 16.5. The zero-order valence-corrected chi connectivity index (χ0v) is 26.2. The number of ether oxygens (including phenoxy) is 1. The Kier molecular flexibility index (Phi) is 6.26. The van der Waals surface area contributed by atoms with Gasteiger partial charge in [-0.15, -0.1) is 0 Å². The lowest BCUT2D eigenvalue weighted by molar-refractivity contribution is -0.182. The average molecular weight is 564 g/mol. The Bertz CT molecular complexity index is 1200. The van der Waals surface area contributed by atoms with E-state index in [1.54, 1.807) is 6.92 Å². The summed E-state index contributed by atoms with van der Waals surface area (Å²) in [6.07, 6.45) is 8.19. The van der Waals surface area contributed by atoms with Crippen molar-refractivity contribution in [3.63, 3.8) is 0 Å². The molecule has 1 saturated heterocycles. The van der Waals surface area contributed by atoms with Crippen molar-refractivity contribution in [2.45, 2.75) is 124 Å². The van der Waals surface area contributed by atoms with Crippen molar-refractivity contribution in [1.82, 2.24) is 4.90 Å². The van der Waals surface area contributed by atoms with Crippen LogP contribution in [-0.4, -0.2) is 52.0 Å². The predicted molar refractivity (Wildman–Crippen MR) is 160 cm³/mol. The third kappa shape index (κ3) is 3.55. The number of benzene rings is 1. The number of amides is 1. The minimum absolute atomic E-state index is 0.0240. The van der Waals surface area contributed by atoms with Gasteiger partial charge in [0, 0.05) is 25.4 Å². The predicted octanol–water partition coefficient (Wildman–Crippen LogP) is 6.21. The van der Waals surface area contributed by atoms with Crippen molar-refractivity contribution in [2.75, 3.05) is 6.54 Å². The summed E-state index contributed by atoms with van der Waals surface area (Å²) in [6.45, 7) is 14.8. The number of carbonyl (C=O) groups is 1. The maximum Gasteiger partial charge on any atom is 0.219 e. The van der Waals surface area contributed by atoms with Crippen molar-refractivity contribution < 1.29 is 19.7 Å². The molecule has 5 aliphatic carbocycles. The van der Waals surface area contributed by atoms with Crippen LogP contribution in [0, 0.1) is 50.7 Å². The molecule has 1 aromatic rings. The van der Waals surface area contributed by atoms with Crippen LogP contribution in [0.4, 0.5) is 0 Å². The lowest BCUT2D eigenvalue weighted by Crippen LogP contribution is -2.59. The molecule has 5 heteroatoms. The number of fused-ring (bicyclic) bond motifs is 4. The second-order valence-electron chi connectivity index (χ2n) is 16.5. The Morgan fingerprint density at radius 3 is 2.37 bits per heavy atom. The average Bonchev–Trinajstić information content (AvgIpc) is 3.56. The van der Waals surface area contributed by atoms with Gasteiger partial charge in [0.2, 0.25) is 5.91 Å². The standard InChI is InChI=1S/C36H53NO4/c1-22-18-25(20-37(23(2)38)19-24-10-8-7-9-11-24)41-30-29(22)33(5)16-17-36-21-35(36)15-14-28(39)32(3,4)26(35)12-13-27(36)34(33,6)31(30)40/h7-11,22,25-31,39-40H,12-21H2,1-6H3/t22-,25?,26+,27?,28+,29+,30?,31+,33-,34-,35-,36+/m1/s1. The smallest absolute Gasteiger partial charge is 0.219 e. The number of aliphatic hydroxyl groups is 2. The lowest BCUT2D eigenvalue weighted by Gasteiger charge is -2.63. The van der Waals surface area contributed by atoms with Crippen LogP contribution in [0.1, 0.15) is 98.5 Å². The van der Waals surface area contributed by atoms with E-state index >= 15 is 0 Å². The SMILES string of the molecule is CC(=O)N(Cc1ccccc1)CC1C[C@@H](C)[C@H]2C(O1)[C@H](O)[C@@]1(C)C3CC[C@H]4C(C)(C)[C@@H](O)CC[C@@]45C[C@@]35CC[C@]21C. The summed E-state index contributed by atoms with van der Waals surface area (Å²) < 4.78 is 6.94. The maximum absolute atomic E-state index is 12.7. The van der Waals surface area contributed by atoms with E-state index in [4.69, 9.17) is 4.74 Å². The molecule has 6 fully saturated rings. The summed E-state index contributed by atoms with van der Waals surface area (Å²) in [5, 5.41) is 23.4. The summed E-state index contributed by atoms with van der Waals surface area (Å²) in [6, 6.07) is 10.2. The molecule has 1 amide bonds. The molecule has 226 valence electrons. The summed E-state index contributed by atoms with van der Waals surface area (Å²) in [5.74, 6) is 1.95. The molecule has 1 heterocycles. The Morgan fingerprint density at radius 1 is 0.976 bits per heavy atom. The molecule has 2 N–H and O–H groups in total. The van der Waals surface area contributed by atoms with E-state index in [9.17, 15) is 15.0 Å². The van der Waals surface area contributed by atoms with Crippen LogP contribution in [0.15, 0.2) is 30.3 Å². The third-order valence-electron chi connectivity index (χ3n) is 14.9. The molecule has 6 aliphatic rings. The van der Waals surface area contributed by atoms with Crippen molar-refractivity contribution in [2.24, 2.45) is 50.7 Å². The van der Waals surface area contributed by atoms with Crippen LogP contribution in [0.25, 0.3) is 0 Å². The van der Waals surface area contributed by atoms with Crippen molar-refractivity contribution >= 4 is 5.91 Å². The Balaban J connectivity index is 1.16. The second-order valence-corrected chi connectivity index (χ2v) is 16.5. The fourth-order valence-electron chi connectivity index (χ4n) is 12.9. The summed E-state index contributed by atoms with van der Waals surface area (Å²) in [5.41, 5.74) is 1.65. The molecule has 1 aromatic carbocycles. The van der Waals surface area contributed by atoms with Crippen LogP contribution in [0.2, 0.25) is 0 Å². The van der Waals surface area contributed by atoms with Gasteiger partial charge in [0.25, 0.3) is 0 Å². The quantitative estimate of drug-likeness (QED) is 0.457. The van der Waals surface area contributed by atoms with Gasteiger partial charge in [0.1, 0.15) is 0 Å². The molecule has 3 unspecified atom stereocenters. The molecule has 2 spiro atoms. The highest BCUT2D eigenvalue weighted by molar-refractivity contribution is 5.73. The zero-order chi connectivity index (χ0) is 29.2. The Morgan fingerprint density at radius 2 is 1.66 bits per heavy atom. The van der Waals surface area contributed by atoms with Crippen molar-refractivity contribution in [3.05, 3.63) is 35.9 Å². The minimum atomic E-state index is -0.485. The number of nitrogens with zero attached hydrogens (tertiary/aromatic N) is 1. The van der Waals surface area contributed by atoms with Gasteiger partial charge in [0.15, 0.2) is 0 Å². The number of aliphatic hydroxyl groups excluding tert-OH is 2. The molecule has 12 atom stereocenters. The van der Waals surface area contributed by atoms with Gasteiger partial charge < -0.3 is 19.8 Å². The van der Waals surface area contributed by atoms with Gasteiger partial charge in [-0.3, -0.25) is 4.79 Å². The van der Waals surface area contributed by atoms with Gasteiger partial charge in [-0.2, -0.15) is 0 Å². The molecule has 0 aromatic heterocycles. The Hall–Kier alpha value is -1.43. The molecular formula is C36H53NO4. The molecule has 1 aliphatic heterocycles. The van der Waals surface area contributed by atoms with Crippen LogP contribution in [-0.2, 0) is 16.1 Å². The summed E-state index contributed by atoms with van der Waals surface area (Å²) in [4.78, 5) is 14.6. The van der Waals surface area contributed by atoms with E-state index in [1.807, 2.05) is 23.1 Å². The zero-order valence-electron chi connectivity index (χ0n) is 26.2. The molecule has 7 rings (SSSR count). The maximum atomic E-state index is 12.7. The van der Waals surface area contributed by atoms with E-state index in [1.165, 1.54) is 25.7 Å². The first kappa shape index (κ1) is 28.3. The van der Waals surface area contributed by atoms with Gasteiger partial charge in [-0.05, 0) is 102 Å². The normalized spacial score (nSPS) is 50.9. The molecule has 5 nitrogen and oxygen atoms in total. The molecule has 0 bridgehead atoms. The largest absolute Gasteiger partial charge is 0.393 e. The molecule has 5 saturated carbocycles. The number of rotatable bonds is 4. The summed E-state index contributed by atoms with van der Waals surface area (Å²) >= 11 is 0. The van der Waals surface area contributed by atoms with E-state index in [2.05, 4.69) is 46.8 Å². The van der Waals surface area contributed by atoms with Crippen LogP contribution >= 0.6 is 0 Å². The van der Waals surface area contributed by atoms with E-state index in [0.717, 1.165) is 31.2 Å². The first-order valence-corrected chi connectivity index (χ1v) is 16.6. The third-order valence-corrected chi connectivity index (χ3v) is 14.9. The minimum Gasteiger partial charge on any atom is -0.393 e. The van der Waals surface area contributed by atoms with Crippen LogP contribution < -0.4 is 0 Å². The number of hydrogen-bond acceptors (Lipinski definition) is 4. The van der Waals surface area contributed by atoms with Crippen molar-refractivity contribution in [1.29, 1.82) is 0 Å². The fourth-order valence-corrected chi connectivity index (χ4v) is 12.9. The molecule has 41 heavy (non-hydrogen) atoms. The van der Waals surface area contributed by atoms with E-state index in [-0.39, 0.29) is 40.5 Å². The van der Waals surface area contributed by atoms with Crippen LogP contribution in [0.3, 0.4) is 0 Å². The Labute approximate surface area is 247 Å². The highest BCUT2D eigenvalue weighted by Crippen LogP contribution is 2.89. The number of carbonyl (C=O) groups excluding carboxylic acids is 1. The fraction of sp³-hybridized carbons (Fsp3) is 0.806. The van der Waals surface area contributed by atoms with Gasteiger partial charge in [-0.1, -0.05) is 65.0 Å². The first-order valence-electron chi connectivity index (χ1n) is 16.6. The van der Waals surface area contributed by atoms with E-state index < -0.39 is 6.10 Å². The van der Waals surface area contributed by atoms with E-state index in [0.29, 0.717) is 47.6 Å². The molecular weight excluding hydrogens is 510 g/mol. The van der Waals surface area contributed by atoms with Gasteiger partial charge in [0.05, 0.1) is 24.4 Å². The van der Waals surface area contributed by atoms with Gasteiger partial charge >= 0.3 is 0 Å². The number of hydrogen-bond donors (Lipinski definition) is 2. The molecule has 0 radical (unpaired) electrons. The topological polar surface area (TPSA) is 70.0 Å². The van der Waals surface area contributed by atoms with Crippen LogP contribution in [0.5, 0.6) is 0 Å². The first-order chi connectivity index (χ1) is 19.3.